The van der Waals surface area contributed by atoms with Gasteiger partial charge in [-0.3, -0.25) is 9.69 Å². The van der Waals surface area contributed by atoms with Crippen molar-refractivity contribution in [2.75, 3.05) is 25.0 Å². The summed E-state index contributed by atoms with van der Waals surface area (Å²) in [6, 6.07) is 0.454. The number of anilines is 1. The lowest BCUT2D eigenvalue weighted by Crippen LogP contribution is -2.47. The van der Waals surface area contributed by atoms with E-state index in [-0.39, 0.29) is 5.91 Å². The van der Waals surface area contributed by atoms with Gasteiger partial charge >= 0.3 is 0 Å². The Morgan fingerprint density at radius 1 is 1.67 bits per heavy atom. The SMILES string of the molecule is CC1CCC(CN)CN1CC(=O)Nc1nccs1. The second kappa shape index (κ2) is 6.26. The molecule has 3 N–H and O–H groups in total. The highest BCUT2D eigenvalue weighted by Crippen LogP contribution is 2.21. The number of nitrogens with zero attached hydrogens (tertiary/aromatic N) is 2. The largest absolute Gasteiger partial charge is 0.330 e. The van der Waals surface area contributed by atoms with Crippen LogP contribution in [0.4, 0.5) is 5.13 Å². The number of likely N-dealkylation sites (tertiary alicyclic amines) is 1. The van der Waals surface area contributed by atoms with E-state index in [1.807, 2.05) is 5.38 Å². The van der Waals surface area contributed by atoms with Crippen LogP contribution in [0.5, 0.6) is 0 Å². The number of piperidine rings is 1. The first kappa shape index (κ1) is 13.5. The Morgan fingerprint density at radius 2 is 2.50 bits per heavy atom. The van der Waals surface area contributed by atoms with Gasteiger partial charge in [0.1, 0.15) is 0 Å². The van der Waals surface area contributed by atoms with Crippen LogP contribution >= 0.6 is 11.3 Å². The fourth-order valence-electron chi connectivity index (χ4n) is 2.30. The molecule has 2 rings (SSSR count). The third-order valence-electron chi connectivity index (χ3n) is 3.47. The van der Waals surface area contributed by atoms with Crippen LogP contribution in [0.2, 0.25) is 0 Å². The Bertz CT molecular complexity index is 381. The maximum Gasteiger partial charge on any atom is 0.240 e. The monoisotopic (exact) mass is 268 g/mol. The molecule has 1 aromatic heterocycles. The van der Waals surface area contributed by atoms with Crippen LogP contribution in [0, 0.1) is 5.92 Å². The van der Waals surface area contributed by atoms with Crippen LogP contribution in [0.3, 0.4) is 0 Å². The minimum atomic E-state index is 0.00877. The number of rotatable bonds is 4. The van der Waals surface area contributed by atoms with Crippen molar-refractivity contribution < 1.29 is 4.79 Å². The molecule has 0 aliphatic carbocycles. The van der Waals surface area contributed by atoms with Gasteiger partial charge in [-0.25, -0.2) is 4.98 Å². The summed E-state index contributed by atoms with van der Waals surface area (Å²) in [5.74, 6) is 0.531. The van der Waals surface area contributed by atoms with Crippen molar-refractivity contribution in [2.45, 2.75) is 25.8 Å². The van der Waals surface area contributed by atoms with Gasteiger partial charge in [-0.2, -0.15) is 0 Å². The van der Waals surface area contributed by atoms with E-state index in [1.165, 1.54) is 17.8 Å². The van der Waals surface area contributed by atoms with Gasteiger partial charge in [-0.1, -0.05) is 0 Å². The molecular formula is C12H20N4OS. The van der Waals surface area contributed by atoms with Crippen molar-refractivity contribution in [3.05, 3.63) is 11.6 Å². The summed E-state index contributed by atoms with van der Waals surface area (Å²) in [5.41, 5.74) is 5.72. The molecule has 0 radical (unpaired) electrons. The lowest BCUT2D eigenvalue weighted by Gasteiger charge is -2.37. The van der Waals surface area contributed by atoms with Gasteiger partial charge in [0.05, 0.1) is 6.54 Å². The van der Waals surface area contributed by atoms with Crippen LogP contribution in [0.15, 0.2) is 11.6 Å². The maximum absolute atomic E-state index is 11.9. The molecule has 100 valence electrons. The number of aromatic nitrogens is 1. The Hall–Kier alpha value is -0.980. The molecule has 2 heterocycles. The Labute approximate surface area is 111 Å². The normalized spacial score (nSPS) is 25.0. The van der Waals surface area contributed by atoms with Gasteiger partial charge in [-0.05, 0) is 32.2 Å². The second-order valence-electron chi connectivity index (χ2n) is 4.84. The fourth-order valence-corrected chi connectivity index (χ4v) is 2.85. The first-order valence-corrected chi connectivity index (χ1v) is 7.20. The van der Waals surface area contributed by atoms with E-state index in [0.717, 1.165) is 13.0 Å². The standard InChI is InChI=1S/C12H20N4OS/c1-9-2-3-10(6-13)7-16(9)8-11(17)15-12-14-4-5-18-12/h4-5,9-10H,2-3,6-8,13H2,1H3,(H,14,15,17). The lowest BCUT2D eigenvalue weighted by atomic mass is 9.93. The smallest absolute Gasteiger partial charge is 0.240 e. The number of hydrogen-bond donors (Lipinski definition) is 2. The summed E-state index contributed by atoms with van der Waals surface area (Å²) >= 11 is 1.44. The summed E-state index contributed by atoms with van der Waals surface area (Å²) < 4.78 is 0. The molecule has 5 nitrogen and oxygen atoms in total. The Balaban J connectivity index is 1.85. The Kier molecular flexibility index (Phi) is 4.68. The molecule has 2 atom stereocenters. The molecule has 2 unspecified atom stereocenters. The molecule has 1 aliphatic heterocycles. The number of thiazole rings is 1. The van der Waals surface area contributed by atoms with Crippen molar-refractivity contribution in [2.24, 2.45) is 11.7 Å². The number of nitrogens with one attached hydrogen (secondary N) is 1. The van der Waals surface area contributed by atoms with Gasteiger partial charge in [0.25, 0.3) is 0 Å². The van der Waals surface area contributed by atoms with Crippen LogP contribution in [-0.4, -0.2) is 41.5 Å². The molecule has 1 fully saturated rings. The molecule has 1 aromatic rings. The van der Waals surface area contributed by atoms with Gasteiger partial charge in [-0.15, -0.1) is 11.3 Å². The van der Waals surface area contributed by atoms with Crippen molar-refractivity contribution >= 4 is 22.4 Å². The van der Waals surface area contributed by atoms with Crippen molar-refractivity contribution in [3.8, 4) is 0 Å². The van der Waals surface area contributed by atoms with Crippen molar-refractivity contribution in [1.29, 1.82) is 0 Å². The van der Waals surface area contributed by atoms with E-state index in [4.69, 9.17) is 5.73 Å². The van der Waals surface area contributed by atoms with E-state index in [2.05, 4.69) is 22.1 Å². The molecule has 6 heteroatoms. The Morgan fingerprint density at radius 3 is 3.17 bits per heavy atom. The highest BCUT2D eigenvalue weighted by atomic mass is 32.1. The van der Waals surface area contributed by atoms with Gasteiger partial charge in [0, 0.05) is 24.2 Å². The predicted octanol–water partition coefficient (Wildman–Crippen LogP) is 1.14. The van der Waals surface area contributed by atoms with E-state index < -0.39 is 0 Å². The quantitative estimate of drug-likeness (QED) is 0.859. The van der Waals surface area contributed by atoms with Gasteiger partial charge in [0.15, 0.2) is 5.13 Å². The number of nitrogens with two attached hydrogens (primary N) is 1. The van der Waals surface area contributed by atoms with Crippen molar-refractivity contribution in [3.63, 3.8) is 0 Å². The predicted molar refractivity (Wildman–Crippen MR) is 73.6 cm³/mol. The van der Waals surface area contributed by atoms with Crippen LogP contribution in [0.1, 0.15) is 19.8 Å². The zero-order valence-corrected chi connectivity index (χ0v) is 11.4. The molecule has 0 aromatic carbocycles. The minimum Gasteiger partial charge on any atom is -0.330 e. The van der Waals surface area contributed by atoms with Gasteiger partial charge in [0.2, 0.25) is 5.91 Å². The second-order valence-corrected chi connectivity index (χ2v) is 5.74. The average molecular weight is 268 g/mol. The zero-order valence-electron chi connectivity index (χ0n) is 10.6. The summed E-state index contributed by atoms with van der Waals surface area (Å²) in [5, 5.41) is 5.34. The van der Waals surface area contributed by atoms with E-state index >= 15 is 0 Å². The molecule has 0 saturated carbocycles. The van der Waals surface area contributed by atoms with E-state index in [1.54, 1.807) is 6.20 Å². The van der Waals surface area contributed by atoms with E-state index in [9.17, 15) is 4.79 Å². The lowest BCUT2D eigenvalue weighted by molar-refractivity contribution is -0.118. The van der Waals surface area contributed by atoms with Gasteiger partial charge < -0.3 is 11.1 Å². The summed E-state index contributed by atoms with van der Waals surface area (Å²) in [7, 11) is 0. The zero-order chi connectivity index (χ0) is 13.0. The first-order valence-electron chi connectivity index (χ1n) is 6.32. The third-order valence-corrected chi connectivity index (χ3v) is 4.16. The molecular weight excluding hydrogens is 248 g/mol. The van der Waals surface area contributed by atoms with Crippen LogP contribution in [0.25, 0.3) is 0 Å². The average Bonchev–Trinajstić information content (AvgIpc) is 2.84. The first-order chi connectivity index (χ1) is 8.69. The molecule has 0 bridgehead atoms. The van der Waals surface area contributed by atoms with Crippen LogP contribution in [-0.2, 0) is 4.79 Å². The number of carbonyl (C=O) groups excluding carboxylic acids is 1. The highest BCUT2D eigenvalue weighted by Gasteiger charge is 2.26. The molecule has 1 aliphatic rings. The highest BCUT2D eigenvalue weighted by molar-refractivity contribution is 7.13. The number of carbonyl (C=O) groups is 1. The molecule has 0 spiro atoms. The molecule has 1 saturated heterocycles. The fraction of sp³-hybridized carbons (Fsp3) is 0.667. The van der Waals surface area contributed by atoms with Crippen molar-refractivity contribution in [1.82, 2.24) is 9.88 Å². The minimum absolute atomic E-state index is 0.00877. The summed E-state index contributed by atoms with van der Waals surface area (Å²) in [4.78, 5) is 18.2. The number of amides is 1. The maximum atomic E-state index is 11.9. The molecule has 1 amide bonds. The van der Waals surface area contributed by atoms with E-state index in [0.29, 0.717) is 30.2 Å². The number of hydrogen-bond acceptors (Lipinski definition) is 5. The molecule has 18 heavy (non-hydrogen) atoms. The summed E-state index contributed by atoms with van der Waals surface area (Å²) in [6.07, 6.45) is 3.98. The topological polar surface area (TPSA) is 71.2 Å². The van der Waals surface area contributed by atoms with Crippen LogP contribution < -0.4 is 11.1 Å². The third kappa shape index (κ3) is 3.51. The summed E-state index contributed by atoms with van der Waals surface area (Å²) in [6.45, 7) is 4.22.